The van der Waals surface area contributed by atoms with E-state index in [4.69, 9.17) is 0 Å². The average molecular weight is 895 g/mol. The van der Waals surface area contributed by atoms with Crippen LogP contribution in [-0.2, 0) is 13.1 Å². The van der Waals surface area contributed by atoms with E-state index in [1.165, 1.54) is 74.4 Å². The van der Waals surface area contributed by atoms with Gasteiger partial charge < -0.3 is 0 Å². The molecule has 0 aliphatic rings. The fraction of sp³-hybridized carbons (Fsp3) is 0.108. The molecule has 0 saturated carbocycles. The monoisotopic (exact) mass is 895 g/mol. The molecule has 0 saturated heterocycles. The molecule has 0 atom stereocenters. The Kier molecular flexibility index (Phi) is 16.8. The quantitative estimate of drug-likeness (QED) is 0.0586. The summed E-state index contributed by atoms with van der Waals surface area (Å²) in [4.78, 5) is 0. The van der Waals surface area contributed by atoms with Gasteiger partial charge in [-0.1, -0.05) is 255 Å². The number of hydrogen-bond acceptors (Lipinski definition) is 0. The molecule has 0 unspecified atom stereocenters. The first-order valence-corrected chi connectivity index (χ1v) is 24.8. The predicted molar refractivity (Wildman–Crippen MR) is 297 cm³/mol. The van der Waals surface area contributed by atoms with Crippen molar-refractivity contribution in [2.75, 3.05) is 0 Å². The molecule has 0 spiro atoms. The standard InChI is InChI=1S/2C24H20B.C17H24N2/c2*1-5-13-21(14-6-1)25(22-15-7-2-8-16-22,23-17-9-3-10-18-23)24-19-11-4-12-20-24;1-16-10-4-8-14-18(16)12-6-3-7-13-19-15-9-5-11-17(19)2/h2*1-20H;4-5,8-11,14-15H,3,6-7,12-13H2,1-2H3/q2*-1;+2. The van der Waals surface area contributed by atoms with Crippen LogP contribution in [0.15, 0.2) is 291 Å². The third kappa shape index (κ3) is 11.3. The topological polar surface area (TPSA) is 7.76 Å². The fourth-order valence-electron chi connectivity index (χ4n) is 10.6. The van der Waals surface area contributed by atoms with E-state index >= 15 is 0 Å². The molecule has 8 aromatic carbocycles. The summed E-state index contributed by atoms with van der Waals surface area (Å²) in [7, 11) is 0. The highest BCUT2D eigenvalue weighted by Crippen LogP contribution is 2.11. The third-order valence-corrected chi connectivity index (χ3v) is 14.0. The van der Waals surface area contributed by atoms with Crippen LogP contribution < -0.4 is 52.8 Å². The number of nitrogens with zero attached hydrogens (tertiary/aromatic N) is 2. The smallest absolute Gasteiger partial charge is 0.178 e. The van der Waals surface area contributed by atoms with Gasteiger partial charge >= 0.3 is 0 Å². The fourth-order valence-corrected chi connectivity index (χ4v) is 10.6. The normalized spacial score (nSPS) is 11.0. The van der Waals surface area contributed by atoms with E-state index in [0.29, 0.717) is 0 Å². The number of unbranched alkanes of at least 4 members (excludes halogenated alkanes) is 2. The highest BCUT2D eigenvalue weighted by Gasteiger charge is 2.32. The summed E-state index contributed by atoms with van der Waals surface area (Å²) in [5.74, 6) is 0. The number of pyridine rings is 2. The largest absolute Gasteiger partial charge is 0.203 e. The first-order chi connectivity index (χ1) is 34.1. The molecule has 0 aliphatic heterocycles. The van der Waals surface area contributed by atoms with E-state index in [2.05, 4.69) is 314 Å². The van der Waals surface area contributed by atoms with Crippen LogP contribution in [0.25, 0.3) is 0 Å². The van der Waals surface area contributed by atoms with Gasteiger partial charge in [-0.25, -0.2) is 9.13 Å². The highest BCUT2D eigenvalue weighted by molar-refractivity contribution is 7.20. The highest BCUT2D eigenvalue weighted by atomic mass is 15.0. The van der Waals surface area contributed by atoms with Gasteiger partial charge in [-0.2, -0.15) is 43.7 Å². The predicted octanol–water partition coefficient (Wildman–Crippen LogP) is 8.88. The van der Waals surface area contributed by atoms with Gasteiger partial charge in [0.2, 0.25) is 0 Å². The zero-order valence-corrected chi connectivity index (χ0v) is 40.3. The molecule has 0 N–H and O–H groups in total. The van der Waals surface area contributed by atoms with Crippen molar-refractivity contribution in [2.24, 2.45) is 0 Å². The summed E-state index contributed by atoms with van der Waals surface area (Å²) in [6.07, 6.45) is 5.70. The average Bonchev–Trinajstić information content (AvgIpc) is 3.43. The van der Waals surface area contributed by atoms with Gasteiger partial charge in [0.1, 0.15) is 25.4 Å². The third-order valence-electron chi connectivity index (χ3n) is 14.0. The van der Waals surface area contributed by atoms with Gasteiger partial charge in [-0.05, 0) is 6.42 Å². The van der Waals surface area contributed by atoms with Crippen LogP contribution in [0.2, 0.25) is 0 Å². The van der Waals surface area contributed by atoms with E-state index in [0.717, 1.165) is 13.1 Å². The molecular weight excluding hydrogens is 830 g/mol. The van der Waals surface area contributed by atoms with Crippen LogP contribution in [0.3, 0.4) is 0 Å². The minimum Gasteiger partial charge on any atom is -0.203 e. The van der Waals surface area contributed by atoms with E-state index in [1.807, 2.05) is 0 Å². The molecule has 4 heteroatoms. The van der Waals surface area contributed by atoms with Crippen LogP contribution >= 0.6 is 0 Å². The van der Waals surface area contributed by atoms with E-state index < -0.39 is 12.3 Å². The van der Waals surface area contributed by atoms with E-state index in [-0.39, 0.29) is 0 Å². The summed E-state index contributed by atoms with van der Waals surface area (Å²) in [5.41, 5.74) is 13.4. The number of rotatable bonds is 14. The summed E-state index contributed by atoms with van der Waals surface area (Å²) < 4.78 is 4.67. The van der Waals surface area contributed by atoms with Crippen LogP contribution in [0.5, 0.6) is 0 Å². The lowest BCUT2D eigenvalue weighted by Crippen LogP contribution is -2.74. The Morgan fingerprint density at radius 3 is 0.609 bits per heavy atom. The number of benzene rings is 8. The Bertz CT molecular complexity index is 2470. The van der Waals surface area contributed by atoms with Gasteiger partial charge in [0.15, 0.2) is 23.8 Å². The van der Waals surface area contributed by atoms with Crippen LogP contribution in [-0.4, -0.2) is 12.3 Å². The molecule has 0 amide bonds. The first-order valence-electron chi connectivity index (χ1n) is 24.8. The molecule has 0 aliphatic carbocycles. The second kappa shape index (κ2) is 24.3. The van der Waals surface area contributed by atoms with Gasteiger partial charge in [-0.15, -0.1) is 0 Å². The molecule has 2 nitrogen and oxygen atoms in total. The van der Waals surface area contributed by atoms with E-state index in [1.54, 1.807) is 0 Å². The lowest BCUT2D eigenvalue weighted by molar-refractivity contribution is -0.706. The first kappa shape index (κ1) is 47.7. The lowest BCUT2D eigenvalue weighted by atomic mass is 9.13. The molecule has 69 heavy (non-hydrogen) atoms. The van der Waals surface area contributed by atoms with Crippen molar-refractivity contribution >= 4 is 56.0 Å². The van der Waals surface area contributed by atoms with Crippen molar-refractivity contribution in [1.29, 1.82) is 0 Å². The maximum Gasteiger partial charge on any atom is 0.178 e. The van der Waals surface area contributed by atoms with Crippen molar-refractivity contribution < 1.29 is 9.13 Å². The molecule has 0 radical (unpaired) electrons. The van der Waals surface area contributed by atoms with Crippen molar-refractivity contribution in [3.8, 4) is 0 Å². The molecule has 0 bridgehead atoms. The van der Waals surface area contributed by atoms with Gasteiger partial charge in [0.25, 0.3) is 0 Å². The molecule has 2 heterocycles. The summed E-state index contributed by atoms with van der Waals surface area (Å²) in [6.45, 7) is 6.60. The SMILES string of the molecule is Cc1cccc[n+]1CCCCC[n+]1ccccc1C.c1ccc([B-](c2ccccc2)(c2ccccc2)c2ccccc2)cc1.c1ccc([B-](c2ccccc2)(c2ccccc2)c2ccccc2)cc1. The molecular formula is C65H64B2N2. The minimum absolute atomic E-state index is 1.13. The zero-order valence-electron chi connectivity index (χ0n) is 40.3. The number of aromatic nitrogens is 2. The van der Waals surface area contributed by atoms with Crippen LogP contribution in [0.1, 0.15) is 30.7 Å². The molecule has 2 aromatic heterocycles. The second-order valence-corrected chi connectivity index (χ2v) is 18.1. The van der Waals surface area contributed by atoms with Crippen molar-refractivity contribution in [2.45, 2.75) is 46.2 Å². The zero-order chi connectivity index (χ0) is 47.4. The van der Waals surface area contributed by atoms with Gasteiger partial charge in [-0.3, -0.25) is 0 Å². The van der Waals surface area contributed by atoms with Gasteiger partial charge in [0.05, 0.1) is 0 Å². The Morgan fingerprint density at radius 2 is 0.420 bits per heavy atom. The van der Waals surface area contributed by atoms with Crippen molar-refractivity contribution in [3.63, 3.8) is 0 Å². The molecule has 0 fully saturated rings. The van der Waals surface area contributed by atoms with Gasteiger partial charge in [0, 0.05) is 51.0 Å². The second-order valence-electron chi connectivity index (χ2n) is 18.1. The Hall–Kier alpha value is -7.81. The Labute approximate surface area is 412 Å². The number of aryl methyl sites for hydroxylation is 4. The minimum atomic E-state index is -1.22. The van der Waals surface area contributed by atoms with Crippen molar-refractivity contribution in [3.05, 3.63) is 303 Å². The lowest BCUT2D eigenvalue weighted by Gasteiger charge is -2.44. The molecule has 340 valence electrons. The number of hydrogen-bond donors (Lipinski definition) is 0. The van der Waals surface area contributed by atoms with Crippen LogP contribution in [0.4, 0.5) is 0 Å². The maximum atomic E-state index is 2.33. The Balaban J connectivity index is 0.000000141. The molecule has 10 rings (SSSR count). The summed E-state index contributed by atoms with van der Waals surface area (Å²) >= 11 is 0. The van der Waals surface area contributed by atoms with Crippen LogP contribution in [0, 0.1) is 13.8 Å². The van der Waals surface area contributed by atoms with E-state index in [9.17, 15) is 0 Å². The summed E-state index contributed by atoms with van der Waals surface area (Å²) in [6, 6.07) is 99.8. The summed E-state index contributed by atoms with van der Waals surface area (Å²) in [5, 5.41) is 0. The molecule has 10 aromatic rings. The maximum absolute atomic E-state index is 2.33. The Morgan fingerprint density at radius 1 is 0.232 bits per heavy atom. The van der Waals surface area contributed by atoms with Crippen molar-refractivity contribution in [1.82, 2.24) is 0 Å².